The number of urea groups is 1. The van der Waals surface area contributed by atoms with E-state index in [9.17, 15) is 27.6 Å². The maximum Gasteiger partial charge on any atom is 0.416 e. The van der Waals surface area contributed by atoms with E-state index in [1.807, 2.05) is 17.4 Å². The molecule has 4 amide bonds. The third-order valence-corrected chi connectivity index (χ3v) is 5.77. The van der Waals surface area contributed by atoms with E-state index in [1.165, 1.54) is 12.1 Å². The molecule has 172 valence electrons. The van der Waals surface area contributed by atoms with Gasteiger partial charge in [0.05, 0.1) is 11.3 Å². The number of fused-ring (bicyclic) bond motifs is 1. The number of rotatable bonds is 5. The summed E-state index contributed by atoms with van der Waals surface area (Å²) in [6, 6.07) is 8.20. The van der Waals surface area contributed by atoms with E-state index in [-0.39, 0.29) is 11.3 Å². The van der Waals surface area contributed by atoms with Crippen molar-refractivity contribution in [2.45, 2.75) is 19.0 Å². The van der Waals surface area contributed by atoms with Crippen molar-refractivity contribution in [1.82, 2.24) is 5.32 Å². The van der Waals surface area contributed by atoms with E-state index in [0.717, 1.165) is 49.3 Å². The summed E-state index contributed by atoms with van der Waals surface area (Å²) in [5.74, 6) is -1.33. The number of nitrogens with one attached hydrogen (secondary N) is 1. The van der Waals surface area contributed by atoms with Crippen LogP contribution in [0.15, 0.2) is 48.0 Å². The topological polar surface area (TPSA) is 69.7 Å². The number of alkyl halides is 4. The number of anilines is 2. The second-order valence-corrected chi connectivity index (χ2v) is 8.05. The van der Waals surface area contributed by atoms with E-state index in [0.29, 0.717) is 22.4 Å². The van der Waals surface area contributed by atoms with Crippen LogP contribution < -0.4 is 15.1 Å². The van der Waals surface area contributed by atoms with Gasteiger partial charge in [-0.2, -0.15) is 13.2 Å². The number of amides is 4. The van der Waals surface area contributed by atoms with Crippen molar-refractivity contribution in [3.05, 3.63) is 64.7 Å². The summed E-state index contributed by atoms with van der Waals surface area (Å²) in [4.78, 5) is 40.4. The van der Waals surface area contributed by atoms with Gasteiger partial charge in [-0.1, -0.05) is 12.1 Å². The third kappa shape index (κ3) is 4.59. The second-order valence-electron chi connectivity index (χ2n) is 7.67. The average molecular weight is 478 g/mol. The van der Waals surface area contributed by atoms with Gasteiger partial charge < -0.3 is 4.90 Å². The first-order chi connectivity index (χ1) is 15.7. The highest BCUT2D eigenvalue weighted by Gasteiger charge is 2.38. The monoisotopic (exact) mass is 477 g/mol. The minimum absolute atomic E-state index is 0.283. The largest absolute Gasteiger partial charge is 0.416 e. The minimum Gasteiger partial charge on any atom is -0.371 e. The molecule has 0 saturated carbocycles. The van der Waals surface area contributed by atoms with Gasteiger partial charge in [0.25, 0.3) is 11.8 Å². The van der Waals surface area contributed by atoms with Crippen molar-refractivity contribution in [2.75, 3.05) is 28.8 Å². The molecule has 0 aromatic heterocycles. The van der Waals surface area contributed by atoms with Gasteiger partial charge in [0.2, 0.25) is 0 Å². The number of halogens is 4. The molecule has 4 rings (SSSR count). The molecule has 2 aliphatic heterocycles. The fourth-order valence-corrected chi connectivity index (χ4v) is 4.06. The highest BCUT2D eigenvalue weighted by atomic mass is 35.5. The zero-order valence-corrected chi connectivity index (χ0v) is 18.0. The molecule has 0 unspecified atom stereocenters. The number of hydrogen-bond donors (Lipinski definition) is 1. The molecule has 1 N–H and O–H groups in total. The quantitative estimate of drug-likeness (QED) is 0.394. The first-order valence-corrected chi connectivity index (χ1v) is 10.7. The van der Waals surface area contributed by atoms with Gasteiger partial charge in [-0.05, 0) is 60.4 Å². The van der Waals surface area contributed by atoms with E-state index in [1.54, 1.807) is 6.07 Å². The molecule has 0 aliphatic carbocycles. The first-order valence-electron chi connectivity index (χ1n) is 10.2. The Hall–Kier alpha value is -3.33. The molecular weight excluding hydrogens is 459 g/mol. The molecule has 0 atom stereocenters. The summed E-state index contributed by atoms with van der Waals surface area (Å²) < 4.78 is 39.2. The van der Waals surface area contributed by atoms with Gasteiger partial charge in [0, 0.05) is 24.7 Å². The van der Waals surface area contributed by atoms with Gasteiger partial charge in [0.1, 0.15) is 5.57 Å². The van der Waals surface area contributed by atoms with Crippen LogP contribution in [-0.4, -0.2) is 36.8 Å². The number of barbiturate groups is 1. The maximum absolute atomic E-state index is 13.1. The van der Waals surface area contributed by atoms with Crippen LogP contribution >= 0.6 is 11.6 Å². The Kier molecular flexibility index (Phi) is 6.16. The molecule has 33 heavy (non-hydrogen) atoms. The van der Waals surface area contributed by atoms with Crippen molar-refractivity contribution in [1.29, 1.82) is 0 Å². The summed E-state index contributed by atoms with van der Waals surface area (Å²) in [6.45, 7) is 1.66. The Morgan fingerprint density at radius 2 is 1.88 bits per heavy atom. The molecule has 0 spiro atoms. The minimum atomic E-state index is -4.65. The molecule has 2 heterocycles. The van der Waals surface area contributed by atoms with E-state index < -0.39 is 29.6 Å². The highest BCUT2D eigenvalue weighted by Crippen LogP contribution is 2.33. The van der Waals surface area contributed by atoms with Gasteiger partial charge >= 0.3 is 12.2 Å². The molecule has 0 radical (unpaired) electrons. The molecule has 1 fully saturated rings. The van der Waals surface area contributed by atoms with Crippen molar-refractivity contribution >= 4 is 46.9 Å². The lowest BCUT2D eigenvalue weighted by Gasteiger charge is -2.27. The van der Waals surface area contributed by atoms with Crippen LogP contribution in [0.4, 0.5) is 29.3 Å². The van der Waals surface area contributed by atoms with Crippen LogP contribution in [0.3, 0.4) is 0 Å². The molecule has 2 aromatic rings. The molecule has 1 saturated heterocycles. The molecule has 0 bridgehead atoms. The van der Waals surface area contributed by atoms with Crippen LogP contribution in [0, 0.1) is 0 Å². The highest BCUT2D eigenvalue weighted by molar-refractivity contribution is 6.39. The zero-order chi connectivity index (χ0) is 23.8. The lowest BCUT2D eigenvalue weighted by atomic mass is 10.0. The Balaban J connectivity index is 1.64. The number of carbonyl (C=O) groups excluding carboxylic acids is 3. The lowest BCUT2D eigenvalue weighted by Crippen LogP contribution is -2.54. The summed E-state index contributed by atoms with van der Waals surface area (Å²) in [5.41, 5.74) is 1.04. The number of hydrogen-bond acceptors (Lipinski definition) is 4. The van der Waals surface area contributed by atoms with Gasteiger partial charge in [-0.3, -0.25) is 14.9 Å². The summed E-state index contributed by atoms with van der Waals surface area (Å²) in [5, 5.41) is 2.03. The van der Waals surface area contributed by atoms with E-state index in [4.69, 9.17) is 11.6 Å². The zero-order valence-electron chi connectivity index (χ0n) is 17.3. The number of imide groups is 2. The summed E-state index contributed by atoms with van der Waals surface area (Å²) in [6.07, 6.45) is -1.67. The predicted octanol–water partition coefficient (Wildman–Crippen LogP) is 4.36. The maximum atomic E-state index is 13.1. The van der Waals surface area contributed by atoms with Crippen LogP contribution in [0.2, 0.25) is 0 Å². The molecule has 2 aliphatic rings. The van der Waals surface area contributed by atoms with Crippen LogP contribution in [-0.2, 0) is 22.2 Å². The van der Waals surface area contributed by atoms with Crippen molar-refractivity contribution in [3.63, 3.8) is 0 Å². The molecule has 6 nitrogen and oxygen atoms in total. The summed E-state index contributed by atoms with van der Waals surface area (Å²) >= 11 is 5.78. The van der Waals surface area contributed by atoms with Gasteiger partial charge in [-0.25, -0.2) is 9.69 Å². The Bertz CT molecular complexity index is 1160. The fourth-order valence-electron chi connectivity index (χ4n) is 3.94. The SMILES string of the molecule is O=C1NC(=O)N(c2cccc(C(F)(F)F)c2)C(=O)C1=Cc1ccc2c(c1)CCN2CCCCl. The smallest absolute Gasteiger partial charge is 0.371 e. The van der Waals surface area contributed by atoms with Crippen molar-refractivity contribution in [2.24, 2.45) is 0 Å². The number of nitrogens with zero attached hydrogens (tertiary/aromatic N) is 2. The van der Waals surface area contributed by atoms with Crippen molar-refractivity contribution < 1.29 is 27.6 Å². The Morgan fingerprint density at radius 1 is 1.09 bits per heavy atom. The Labute approximate surface area is 192 Å². The summed E-state index contributed by atoms with van der Waals surface area (Å²) in [7, 11) is 0. The van der Waals surface area contributed by atoms with Crippen LogP contribution in [0.5, 0.6) is 0 Å². The molecular formula is C23H19ClF3N3O3. The number of benzene rings is 2. The average Bonchev–Trinajstić information content (AvgIpc) is 3.17. The third-order valence-electron chi connectivity index (χ3n) is 5.50. The normalized spacial score (nSPS) is 17.6. The molecule has 10 heteroatoms. The van der Waals surface area contributed by atoms with E-state index in [2.05, 4.69) is 4.90 Å². The standard InChI is InChI=1S/C23H19ClF3N3O3/c24-8-2-9-29-10-7-15-11-14(5-6-19(15)29)12-18-20(31)28-22(33)30(21(18)32)17-4-1-3-16(13-17)23(25,26)27/h1,3-6,11-13H,2,7-10H2,(H,28,31,33). The number of carbonyl (C=O) groups is 3. The first kappa shape index (κ1) is 22.8. The lowest BCUT2D eigenvalue weighted by molar-refractivity contribution is -0.137. The predicted molar refractivity (Wildman–Crippen MR) is 118 cm³/mol. The van der Waals surface area contributed by atoms with Crippen molar-refractivity contribution in [3.8, 4) is 0 Å². The van der Waals surface area contributed by atoms with Gasteiger partial charge in [-0.15, -0.1) is 11.6 Å². The fraction of sp³-hybridized carbons (Fsp3) is 0.261. The van der Waals surface area contributed by atoms with Gasteiger partial charge in [0.15, 0.2) is 0 Å². The van der Waals surface area contributed by atoms with Crippen LogP contribution in [0.1, 0.15) is 23.1 Å². The van der Waals surface area contributed by atoms with Crippen LogP contribution in [0.25, 0.3) is 6.08 Å². The van der Waals surface area contributed by atoms with E-state index >= 15 is 0 Å². The second kappa shape index (κ2) is 8.90. The molecule has 2 aromatic carbocycles. The Morgan fingerprint density at radius 3 is 2.61 bits per heavy atom.